The summed E-state index contributed by atoms with van der Waals surface area (Å²) in [6.07, 6.45) is 0. The second-order valence-corrected chi connectivity index (χ2v) is 7.84. The van der Waals surface area contributed by atoms with Crippen molar-refractivity contribution < 1.29 is 4.79 Å². The SMILES string of the molecule is CC(C)c1ccc(C(=O)N2CC(C)N(Cc3ccccc3)C(C)C2)cc1. The Balaban J connectivity index is 1.67. The van der Waals surface area contributed by atoms with E-state index in [0.717, 1.165) is 25.2 Å². The Kier molecular flexibility index (Phi) is 5.77. The Bertz CT molecular complexity index is 712. The molecule has 3 rings (SSSR count). The minimum absolute atomic E-state index is 0.151. The quantitative estimate of drug-likeness (QED) is 0.808. The Labute approximate surface area is 157 Å². The highest BCUT2D eigenvalue weighted by atomic mass is 16.2. The fourth-order valence-corrected chi connectivity index (χ4v) is 3.82. The van der Waals surface area contributed by atoms with Crippen molar-refractivity contribution in [2.75, 3.05) is 13.1 Å². The molecule has 2 atom stereocenters. The van der Waals surface area contributed by atoms with E-state index in [4.69, 9.17) is 0 Å². The van der Waals surface area contributed by atoms with E-state index in [1.165, 1.54) is 11.1 Å². The summed E-state index contributed by atoms with van der Waals surface area (Å²) in [7, 11) is 0. The molecule has 3 heteroatoms. The van der Waals surface area contributed by atoms with E-state index in [2.05, 4.69) is 75.1 Å². The van der Waals surface area contributed by atoms with E-state index in [9.17, 15) is 4.79 Å². The second kappa shape index (κ2) is 8.05. The van der Waals surface area contributed by atoms with Crippen LogP contribution in [0.2, 0.25) is 0 Å². The van der Waals surface area contributed by atoms with Crippen LogP contribution >= 0.6 is 0 Å². The molecule has 1 amide bonds. The van der Waals surface area contributed by atoms with Gasteiger partial charge in [0.1, 0.15) is 0 Å². The molecule has 0 bridgehead atoms. The number of carbonyl (C=O) groups excluding carboxylic acids is 1. The third kappa shape index (κ3) is 4.16. The standard InChI is InChI=1S/C23H30N2O/c1-17(2)21-10-12-22(13-11-21)23(26)24-14-18(3)25(19(4)15-24)16-20-8-6-5-7-9-20/h5-13,17-19H,14-16H2,1-4H3. The number of piperazine rings is 1. The van der Waals surface area contributed by atoms with Crippen molar-refractivity contribution in [1.29, 1.82) is 0 Å². The van der Waals surface area contributed by atoms with Crippen LogP contribution in [0.25, 0.3) is 0 Å². The Morgan fingerprint density at radius 2 is 1.54 bits per heavy atom. The van der Waals surface area contributed by atoms with E-state index in [1.807, 2.05) is 17.0 Å². The topological polar surface area (TPSA) is 23.6 Å². The van der Waals surface area contributed by atoms with Crippen molar-refractivity contribution in [1.82, 2.24) is 9.80 Å². The summed E-state index contributed by atoms with van der Waals surface area (Å²) >= 11 is 0. The Hall–Kier alpha value is -2.13. The van der Waals surface area contributed by atoms with Crippen LogP contribution in [0, 0.1) is 0 Å². The van der Waals surface area contributed by atoms with Crippen molar-refractivity contribution in [2.24, 2.45) is 0 Å². The molecule has 1 saturated heterocycles. The first-order valence-corrected chi connectivity index (χ1v) is 9.64. The van der Waals surface area contributed by atoms with Crippen LogP contribution in [0.1, 0.15) is 55.1 Å². The number of carbonyl (C=O) groups is 1. The van der Waals surface area contributed by atoms with Crippen LogP contribution < -0.4 is 0 Å². The van der Waals surface area contributed by atoms with Crippen molar-refractivity contribution in [2.45, 2.75) is 52.2 Å². The minimum Gasteiger partial charge on any atom is -0.336 e. The van der Waals surface area contributed by atoms with Gasteiger partial charge in [0, 0.05) is 37.3 Å². The summed E-state index contributed by atoms with van der Waals surface area (Å²) in [6, 6.07) is 19.4. The van der Waals surface area contributed by atoms with Crippen LogP contribution in [0.4, 0.5) is 0 Å². The van der Waals surface area contributed by atoms with Crippen LogP contribution in [-0.4, -0.2) is 40.9 Å². The van der Waals surface area contributed by atoms with Gasteiger partial charge in [-0.1, -0.05) is 56.3 Å². The van der Waals surface area contributed by atoms with Crippen molar-refractivity contribution in [3.63, 3.8) is 0 Å². The molecule has 0 saturated carbocycles. The molecule has 1 aliphatic heterocycles. The molecule has 1 aliphatic rings. The largest absolute Gasteiger partial charge is 0.336 e. The molecule has 0 N–H and O–H groups in total. The third-order valence-electron chi connectivity index (χ3n) is 5.42. The number of nitrogens with zero attached hydrogens (tertiary/aromatic N) is 2. The summed E-state index contributed by atoms with van der Waals surface area (Å²) in [5, 5.41) is 0. The van der Waals surface area contributed by atoms with Gasteiger partial charge < -0.3 is 4.90 Å². The molecule has 0 radical (unpaired) electrons. The molecule has 2 unspecified atom stereocenters. The van der Waals surface area contributed by atoms with E-state index in [0.29, 0.717) is 18.0 Å². The summed E-state index contributed by atoms with van der Waals surface area (Å²) in [4.78, 5) is 17.5. The van der Waals surface area contributed by atoms with Gasteiger partial charge in [0.2, 0.25) is 0 Å². The average molecular weight is 351 g/mol. The van der Waals surface area contributed by atoms with Crippen LogP contribution in [0.3, 0.4) is 0 Å². The molecule has 26 heavy (non-hydrogen) atoms. The van der Waals surface area contributed by atoms with Gasteiger partial charge >= 0.3 is 0 Å². The van der Waals surface area contributed by atoms with E-state index >= 15 is 0 Å². The minimum atomic E-state index is 0.151. The summed E-state index contributed by atoms with van der Waals surface area (Å²) < 4.78 is 0. The molecular weight excluding hydrogens is 320 g/mol. The van der Waals surface area contributed by atoms with E-state index < -0.39 is 0 Å². The highest BCUT2D eigenvalue weighted by molar-refractivity contribution is 5.94. The maximum absolute atomic E-state index is 12.9. The van der Waals surface area contributed by atoms with Crippen molar-refractivity contribution >= 4 is 5.91 Å². The Morgan fingerprint density at radius 3 is 2.08 bits per heavy atom. The van der Waals surface area contributed by atoms with Crippen LogP contribution in [-0.2, 0) is 6.54 Å². The molecular formula is C23H30N2O. The van der Waals surface area contributed by atoms with Crippen LogP contribution in [0.5, 0.6) is 0 Å². The van der Waals surface area contributed by atoms with Gasteiger partial charge in [-0.05, 0) is 43.0 Å². The monoisotopic (exact) mass is 350 g/mol. The molecule has 0 spiro atoms. The second-order valence-electron chi connectivity index (χ2n) is 7.84. The maximum atomic E-state index is 12.9. The zero-order valence-electron chi connectivity index (χ0n) is 16.4. The van der Waals surface area contributed by atoms with Crippen molar-refractivity contribution in [3.05, 3.63) is 71.3 Å². The maximum Gasteiger partial charge on any atom is 0.253 e. The smallest absolute Gasteiger partial charge is 0.253 e. The molecule has 3 nitrogen and oxygen atoms in total. The fraction of sp³-hybridized carbons (Fsp3) is 0.435. The van der Waals surface area contributed by atoms with Gasteiger partial charge in [0.25, 0.3) is 5.91 Å². The van der Waals surface area contributed by atoms with Gasteiger partial charge in [-0.3, -0.25) is 9.69 Å². The summed E-state index contributed by atoms with van der Waals surface area (Å²) in [5.74, 6) is 0.638. The predicted octanol–water partition coefficient (Wildman–Crippen LogP) is 4.55. The third-order valence-corrected chi connectivity index (χ3v) is 5.42. The van der Waals surface area contributed by atoms with Gasteiger partial charge in [-0.2, -0.15) is 0 Å². The molecule has 138 valence electrons. The number of hydrogen-bond donors (Lipinski definition) is 0. The first-order chi connectivity index (χ1) is 12.5. The molecule has 1 heterocycles. The van der Waals surface area contributed by atoms with E-state index in [-0.39, 0.29) is 5.91 Å². The average Bonchev–Trinajstić information content (AvgIpc) is 2.65. The summed E-state index contributed by atoms with van der Waals surface area (Å²) in [6.45, 7) is 11.3. The van der Waals surface area contributed by atoms with Gasteiger partial charge in [-0.15, -0.1) is 0 Å². The fourth-order valence-electron chi connectivity index (χ4n) is 3.82. The highest BCUT2D eigenvalue weighted by Crippen LogP contribution is 2.21. The number of rotatable bonds is 4. The van der Waals surface area contributed by atoms with Gasteiger partial charge in [-0.25, -0.2) is 0 Å². The number of amides is 1. The highest BCUT2D eigenvalue weighted by Gasteiger charge is 2.32. The first kappa shape index (κ1) is 18.7. The first-order valence-electron chi connectivity index (χ1n) is 9.64. The Morgan fingerprint density at radius 1 is 0.962 bits per heavy atom. The number of hydrogen-bond acceptors (Lipinski definition) is 2. The van der Waals surface area contributed by atoms with Crippen molar-refractivity contribution in [3.8, 4) is 0 Å². The van der Waals surface area contributed by atoms with Gasteiger partial charge in [0.05, 0.1) is 0 Å². The lowest BCUT2D eigenvalue weighted by Gasteiger charge is -2.44. The lowest BCUT2D eigenvalue weighted by atomic mass is 10.0. The molecule has 2 aromatic carbocycles. The molecule has 0 aromatic heterocycles. The normalized spacial score (nSPS) is 21.2. The van der Waals surface area contributed by atoms with Gasteiger partial charge in [0.15, 0.2) is 0 Å². The zero-order chi connectivity index (χ0) is 18.7. The molecule has 1 fully saturated rings. The predicted molar refractivity (Wildman–Crippen MR) is 107 cm³/mol. The number of benzene rings is 2. The zero-order valence-corrected chi connectivity index (χ0v) is 16.4. The molecule has 2 aromatic rings. The summed E-state index contributed by atoms with van der Waals surface area (Å²) in [5.41, 5.74) is 3.40. The lowest BCUT2D eigenvalue weighted by molar-refractivity contribution is 0.0269. The van der Waals surface area contributed by atoms with E-state index in [1.54, 1.807) is 0 Å². The lowest BCUT2D eigenvalue weighted by Crippen LogP contribution is -2.57. The van der Waals surface area contributed by atoms with Crippen LogP contribution in [0.15, 0.2) is 54.6 Å². The molecule has 0 aliphatic carbocycles.